The minimum absolute atomic E-state index is 0.0871. The van der Waals surface area contributed by atoms with Gasteiger partial charge in [0.25, 0.3) is 0 Å². The minimum Gasteiger partial charge on any atom is -0.449 e. The van der Waals surface area contributed by atoms with E-state index in [0.717, 1.165) is 16.4 Å². The highest BCUT2D eigenvalue weighted by Crippen LogP contribution is 2.43. The van der Waals surface area contributed by atoms with Gasteiger partial charge in [0.2, 0.25) is 10.0 Å². The lowest BCUT2D eigenvalue weighted by molar-refractivity contribution is -0.0345. The highest BCUT2D eigenvalue weighted by Gasteiger charge is 2.50. The highest BCUT2D eigenvalue weighted by molar-refractivity contribution is 7.89. The van der Waals surface area contributed by atoms with Crippen LogP contribution in [-0.4, -0.2) is 31.8 Å². The van der Waals surface area contributed by atoms with Crippen LogP contribution in [0.1, 0.15) is 28.8 Å². The zero-order valence-electron chi connectivity index (χ0n) is 13.6. The van der Waals surface area contributed by atoms with Gasteiger partial charge in [-0.3, -0.25) is 0 Å². The molecule has 2 heterocycles. The number of benzene rings is 2. The predicted octanol–water partition coefficient (Wildman–Crippen LogP) is 2.82. The number of ether oxygens (including phenoxy) is 1. The lowest BCUT2D eigenvalue weighted by Crippen LogP contribution is -2.48. The number of esters is 1. The fourth-order valence-corrected chi connectivity index (χ4v) is 5.23. The smallest absolute Gasteiger partial charge is 0.339 e. The van der Waals surface area contributed by atoms with Gasteiger partial charge in [0.15, 0.2) is 5.60 Å². The van der Waals surface area contributed by atoms with E-state index in [1.54, 1.807) is 24.3 Å². The Morgan fingerprint density at radius 3 is 2.50 bits per heavy atom. The van der Waals surface area contributed by atoms with E-state index in [1.807, 2.05) is 0 Å². The number of sulfonamides is 1. The molecule has 136 valence electrons. The van der Waals surface area contributed by atoms with Crippen molar-refractivity contribution in [2.75, 3.05) is 13.1 Å². The van der Waals surface area contributed by atoms with E-state index in [2.05, 4.69) is 0 Å². The molecule has 2 aliphatic heterocycles. The number of nitrogens with zero attached hydrogens (tertiary/aromatic N) is 1. The van der Waals surface area contributed by atoms with Gasteiger partial charge in [-0.1, -0.05) is 18.2 Å². The molecule has 5 nitrogen and oxygen atoms in total. The van der Waals surface area contributed by atoms with Crippen LogP contribution < -0.4 is 0 Å². The standard InChI is InChI=1S/C18H15F2NO4S/c19-12-8-13(20)10-14(9-12)26(23,24)21-7-3-6-18(11-21)16-5-2-1-4-15(16)17(22)25-18/h1-2,4-5,8-10H,3,6-7,11H2. The van der Waals surface area contributed by atoms with E-state index in [-0.39, 0.29) is 13.1 Å². The molecule has 0 aliphatic carbocycles. The maximum Gasteiger partial charge on any atom is 0.339 e. The van der Waals surface area contributed by atoms with Gasteiger partial charge in [0.05, 0.1) is 17.0 Å². The Kier molecular flexibility index (Phi) is 3.85. The van der Waals surface area contributed by atoms with E-state index >= 15 is 0 Å². The summed E-state index contributed by atoms with van der Waals surface area (Å²) < 4.78 is 59.4. The molecule has 0 bridgehead atoms. The van der Waals surface area contributed by atoms with Crippen molar-refractivity contribution in [3.05, 3.63) is 65.2 Å². The van der Waals surface area contributed by atoms with Crippen LogP contribution in [0.2, 0.25) is 0 Å². The molecule has 0 aromatic heterocycles. The summed E-state index contributed by atoms with van der Waals surface area (Å²) >= 11 is 0. The third-order valence-corrected chi connectivity index (χ3v) is 6.64. The van der Waals surface area contributed by atoms with Gasteiger partial charge in [-0.05, 0) is 31.0 Å². The molecule has 2 aromatic rings. The summed E-state index contributed by atoms with van der Waals surface area (Å²) in [6, 6.07) is 9.05. The second kappa shape index (κ2) is 5.85. The average Bonchev–Trinajstić information content (AvgIpc) is 2.86. The minimum atomic E-state index is -4.13. The SMILES string of the molecule is O=C1OC2(CCCN(S(=O)(=O)c3cc(F)cc(F)c3)C2)c2ccccc21. The number of carbonyl (C=O) groups excluding carboxylic acids is 1. The van der Waals surface area contributed by atoms with Crippen molar-refractivity contribution in [3.8, 4) is 0 Å². The fourth-order valence-electron chi connectivity index (χ4n) is 3.66. The van der Waals surface area contributed by atoms with Crippen molar-refractivity contribution in [2.24, 2.45) is 0 Å². The molecular weight excluding hydrogens is 364 g/mol. The topological polar surface area (TPSA) is 63.7 Å². The van der Waals surface area contributed by atoms with E-state index in [0.29, 0.717) is 30.0 Å². The van der Waals surface area contributed by atoms with Crippen molar-refractivity contribution >= 4 is 16.0 Å². The van der Waals surface area contributed by atoms with Gasteiger partial charge in [-0.25, -0.2) is 22.0 Å². The number of hydrogen-bond donors (Lipinski definition) is 0. The molecule has 2 aliphatic rings. The van der Waals surface area contributed by atoms with E-state index in [1.165, 1.54) is 0 Å². The molecule has 4 rings (SSSR count). The summed E-state index contributed by atoms with van der Waals surface area (Å²) in [5.74, 6) is -2.42. The maximum atomic E-state index is 13.5. The molecule has 1 atom stereocenters. The van der Waals surface area contributed by atoms with Crippen LogP contribution in [0.5, 0.6) is 0 Å². The molecule has 1 unspecified atom stereocenters. The number of halogens is 2. The normalized spacial score (nSPS) is 23.1. The Bertz CT molecular complexity index is 988. The molecule has 26 heavy (non-hydrogen) atoms. The zero-order valence-corrected chi connectivity index (χ0v) is 14.4. The monoisotopic (exact) mass is 379 g/mol. The second-order valence-corrected chi connectivity index (χ2v) is 8.41. The first-order valence-electron chi connectivity index (χ1n) is 8.11. The number of carbonyl (C=O) groups is 1. The Morgan fingerprint density at radius 2 is 1.77 bits per heavy atom. The first-order chi connectivity index (χ1) is 12.3. The van der Waals surface area contributed by atoms with Gasteiger partial charge in [-0.2, -0.15) is 4.31 Å². The molecule has 1 saturated heterocycles. The summed E-state index contributed by atoms with van der Waals surface area (Å²) in [4.78, 5) is 11.7. The van der Waals surface area contributed by atoms with Gasteiger partial charge in [0.1, 0.15) is 11.6 Å². The number of rotatable bonds is 2. The average molecular weight is 379 g/mol. The summed E-state index contributed by atoms with van der Waals surface area (Å²) in [7, 11) is -4.13. The first kappa shape index (κ1) is 17.1. The van der Waals surface area contributed by atoms with Crippen LogP contribution in [0.15, 0.2) is 47.4 Å². The largest absolute Gasteiger partial charge is 0.449 e. The Hall–Kier alpha value is -2.32. The van der Waals surface area contributed by atoms with Crippen molar-refractivity contribution in [1.29, 1.82) is 0 Å². The van der Waals surface area contributed by atoms with Crippen LogP contribution >= 0.6 is 0 Å². The van der Waals surface area contributed by atoms with E-state index < -0.39 is 38.1 Å². The van der Waals surface area contributed by atoms with Crippen molar-refractivity contribution < 1.29 is 26.7 Å². The number of fused-ring (bicyclic) bond motifs is 2. The zero-order chi connectivity index (χ0) is 18.5. The fraction of sp³-hybridized carbons (Fsp3) is 0.278. The van der Waals surface area contributed by atoms with Crippen LogP contribution in [0.3, 0.4) is 0 Å². The van der Waals surface area contributed by atoms with Crippen LogP contribution in [0.4, 0.5) is 8.78 Å². The lowest BCUT2D eigenvalue weighted by Gasteiger charge is -2.38. The van der Waals surface area contributed by atoms with Crippen molar-refractivity contribution in [3.63, 3.8) is 0 Å². The van der Waals surface area contributed by atoms with Crippen molar-refractivity contribution in [2.45, 2.75) is 23.3 Å². The molecule has 0 N–H and O–H groups in total. The first-order valence-corrected chi connectivity index (χ1v) is 9.55. The van der Waals surface area contributed by atoms with E-state index in [9.17, 15) is 22.0 Å². The molecule has 8 heteroatoms. The molecule has 2 aromatic carbocycles. The number of piperidine rings is 1. The Balaban J connectivity index is 1.73. The summed E-state index contributed by atoms with van der Waals surface area (Å²) in [5, 5.41) is 0. The van der Waals surface area contributed by atoms with Crippen LogP contribution in [0, 0.1) is 11.6 Å². The van der Waals surface area contributed by atoms with Gasteiger partial charge >= 0.3 is 5.97 Å². The molecule has 0 amide bonds. The van der Waals surface area contributed by atoms with Crippen molar-refractivity contribution in [1.82, 2.24) is 4.31 Å². The summed E-state index contributed by atoms with van der Waals surface area (Å²) in [6.45, 7) is 0.0954. The third kappa shape index (κ3) is 2.60. The quantitative estimate of drug-likeness (QED) is 0.753. The predicted molar refractivity (Wildman–Crippen MR) is 87.9 cm³/mol. The molecule has 1 fully saturated rings. The molecular formula is C18H15F2NO4S. The lowest BCUT2D eigenvalue weighted by atomic mass is 9.86. The number of hydrogen-bond acceptors (Lipinski definition) is 4. The summed E-state index contributed by atoms with van der Waals surface area (Å²) in [6.07, 6.45) is 0.942. The highest BCUT2D eigenvalue weighted by atomic mass is 32.2. The maximum absolute atomic E-state index is 13.5. The molecule has 1 spiro atoms. The van der Waals surface area contributed by atoms with Crippen LogP contribution in [-0.2, 0) is 20.4 Å². The van der Waals surface area contributed by atoms with Gasteiger partial charge in [-0.15, -0.1) is 0 Å². The van der Waals surface area contributed by atoms with Crippen LogP contribution in [0.25, 0.3) is 0 Å². The van der Waals surface area contributed by atoms with Gasteiger partial charge < -0.3 is 4.74 Å². The van der Waals surface area contributed by atoms with E-state index in [4.69, 9.17) is 4.74 Å². The van der Waals surface area contributed by atoms with Gasteiger partial charge in [0, 0.05) is 18.2 Å². The Labute approximate surface area is 149 Å². The molecule has 0 radical (unpaired) electrons. The summed E-state index contributed by atoms with van der Waals surface area (Å²) in [5.41, 5.74) is 0.00378. The molecule has 0 saturated carbocycles. The Morgan fingerprint density at radius 1 is 1.08 bits per heavy atom. The third-order valence-electron chi connectivity index (χ3n) is 4.82. The second-order valence-electron chi connectivity index (χ2n) is 6.48.